The van der Waals surface area contributed by atoms with E-state index >= 15 is 0 Å². The first-order valence-electron chi connectivity index (χ1n) is 7.72. The summed E-state index contributed by atoms with van der Waals surface area (Å²) in [4.78, 5) is 18.7. The summed E-state index contributed by atoms with van der Waals surface area (Å²) in [5.41, 5.74) is 4.30. The van der Waals surface area contributed by atoms with Gasteiger partial charge >= 0.3 is 0 Å². The standard InChI is InChI=1S/C17H13N5OS/c23-17(11-4-5-13-14(7-11)24-10-18-13)21-8-12(9-21)16-20-19-15-3-1-2-6-22(15)16/h1-7,10,12H,8-9H2. The maximum Gasteiger partial charge on any atom is 0.253 e. The minimum Gasteiger partial charge on any atom is -0.337 e. The molecule has 1 aliphatic rings. The maximum absolute atomic E-state index is 12.6. The number of pyridine rings is 1. The van der Waals surface area contributed by atoms with Crippen LogP contribution in [0.5, 0.6) is 0 Å². The van der Waals surface area contributed by atoms with Crippen molar-refractivity contribution >= 4 is 33.1 Å². The number of benzene rings is 1. The zero-order valence-electron chi connectivity index (χ0n) is 12.7. The normalized spacial score (nSPS) is 15.1. The van der Waals surface area contributed by atoms with E-state index in [1.54, 1.807) is 16.8 Å². The third kappa shape index (κ3) is 2.01. The maximum atomic E-state index is 12.6. The summed E-state index contributed by atoms with van der Waals surface area (Å²) in [5.74, 6) is 1.22. The Morgan fingerprint density at radius 3 is 3.00 bits per heavy atom. The number of hydrogen-bond acceptors (Lipinski definition) is 5. The highest BCUT2D eigenvalue weighted by atomic mass is 32.1. The average molecular weight is 335 g/mol. The van der Waals surface area contributed by atoms with Crippen LogP contribution in [0.15, 0.2) is 48.1 Å². The second-order valence-electron chi connectivity index (χ2n) is 5.93. The largest absolute Gasteiger partial charge is 0.337 e. The van der Waals surface area contributed by atoms with Crippen LogP contribution >= 0.6 is 11.3 Å². The predicted molar refractivity (Wildman–Crippen MR) is 91.3 cm³/mol. The van der Waals surface area contributed by atoms with Crippen LogP contribution in [0.1, 0.15) is 22.1 Å². The molecule has 0 radical (unpaired) electrons. The van der Waals surface area contributed by atoms with E-state index in [4.69, 9.17) is 0 Å². The lowest BCUT2D eigenvalue weighted by atomic mass is 9.98. The van der Waals surface area contributed by atoms with Crippen molar-refractivity contribution in [3.8, 4) is 0 Å². The Labute approximate surface area is 141 Å². The van der Waals surface area contributed by atoms with Crippen molar-refractivity contribution in [3.63, 3.8) is 0 Å². The van der Waals surface area contributed by atoms with Crippen LogP contribution in [0, 0.1) is 0 Å². The molecule has 0 N–H and O–H groups in total. The van der Waals surface area contributed by atoms with Crippen molar-refractivity contribution in [2.45, 2.75) is 5.92 Å². The van der Waals surface area contributed by atoms with E-state index in [9.17, 15) is 4.79 Å². The third-order valence-electron chi connectivity index (χ3n) is 4.45. The molecule has 1 fully saturated rings. The van der Waals surface area contributed by atoms with Gasteiger partial charge in [0, 0.05) is 24.8 Å². The monoisotopic (exact) mass is 335 g/mol. The fraction of sp³-hybridized carbons (Fsp3) is 0.176. The number of aromatic nitrogens is 4. The van der Waals surface area contributed by atoms with Crippen molar-refractivity contribution in [2.75, 3.05) is 13.1 Å². The van der Waals surface area contributed by atoms with Crippen LogP contribution in [-0.2, 0) is 0 Å². The van der Waals surface area contributed by atoms with Gasteiger partial charge in [0.15, 0.2) is 5.65 Å². The van der Waals surface area contributed by atoms with Crippen LogP contribution in [0.4, 0.5) is 0 Å². The summed E-state index contributed by atoms with van der Waals surface area (Å²) in [6, 6.07) is 11.5. The van der Waals surface area contributed by atoms with E-state index in [0.29, 0.717) is 13.1 Å². The molecule has 1 saturated heterocycles. The lowest BCUT2D eigenvalue weighted by Gasteiger charge is -2.38. The van der Waals surface area contributed by atoms with Gasteiger partial charge in [0.05, 0.1) is 21.6 Å². The van der Waals surface area contributed by atoms with Gasteiger partial charge in [0.1, 0.15) is 5.82 Å². The highest BCUT2D eigenvalue weighted by Crippen LogP contribution is 2.28. The highest BCUT2D eigenvalue weighted by Gasteiger charge is 2.35. The number of hydrogen-bond donors (Lipinski definition) is 0. The molecule has 0 spiro atoms. The molecule has 0 aliphatic carbocycles. The van der Waals surface area contributed by atoms with Crippen molar-refractivity contribution in [2.24, 2.45) is 0 Å². The second kappa shape index (κ2) is 5.10. The summed E-state index contributed by atoms with van der Waals surface area (Å²) < 4.78 is 3.04. The summed E-state index contributed by atoms with van der Waals surface area (Å²) in [7, 11) is 0. The fourth-order valence-electron chi connectivity index (χ4n) is 3.12. The van der Waals surface area contributed by atoms with Crippen LogP contribution in [-0.4, -0.2) is 43.5 Å². The molecular weight excluding hydrogens is 322 g/mol. The molecular formula is C17H13N5OS. The topological polar surface area (TPSA) is 63.4 Å². The van der Waals surface area contributed by atoms with Gasteiger partial charge in [-0.25, -0.2) is 4.98 Å². The molecule has 1 aromatic carbocycles. The Morgan fingerprint density at radius 1 is 1.17 bits per heavy atom. The number of thiazole rings is 1. The van der Waals surface area contributed by atoms with Gasteiger partial charge in [-0.2, -0.15) is 0 Å². The van der Waals surface area contributed by atoms with E-state index < -0.39 is 0 Å². The molecule has 0 saturated carbocycles. The average Bonchev–Trinajstić information content (AvgIpc) is 3.19. The first kappa shape index (κ1) is 13.6. The Bertz CT molecular complexity index is 1060. The van der Waals surface area contributed by atoms with E-state index in [2.05, 4.69) is 15.2 Å². The lowest BCUT2D eigenvalue weighted by molar-refractivity contribution is 0.0594. The van der Waals surface area contributed by atoms with Crippen LogP contribution in [0.3, 0.4) is 0 Å². The molecule has 118 valence electrons. The quantitative estimate of drug-likeness (QED) is 0.565. The second-order valence-corrected chi connectivity index (χ2v) is 6.82. The van der Waals surface area contributed by atoms with Gasteiger partial charge in [0.2, 0.25) is 0 Å². The van der Waals surface area contributed by atoms with E-state index in [1.165, 1.54) is 0 Å². The SMILES string of the molecule is O=C(c1ccc2ncsc2c1)N1CC(c2nnc3ccccn23)C1. The minimum atomic E-state index is 0.0652. The Hall–Kier alpha value is -2.80. The van der Waals surface area contributed by atoms with E-state index in [1.807, 2.05) is 51.9 Å². The van der Waals surface area contributed by atoms with Gasteiger partial charge in [-0.3, -0.25) is 9.20 Å². The van der Waals surface area contributed by atoms with Crippen molar-refractivity contribution in [3.05, 3.63) is 59.5 Å². The summed E-state index contributed by atoms with van der Waals surface area (Å²) in [5, 5.41) is 8.47. The molecule has 0 bridgehead atoms. The number of fused-ring (bicyclic) bond motifs is 2. The molecule has 24 heavy (non-hydrogen) atoms. The minimum absolute atomic E-state index is 0.0652. The molecule has 6 nitrogen and oxygen atoms in total. The molecule has 1 aliphatic heterocycles. The molecule has 3 aromatic heterocycles. The lowest BCUT2D eigenvalue weighted by Crippen LogP contribution is -2.49. The highest BCUT2D eigenvalue weighted by molar-refractivity contribution is 7.16. The molecule has 5 rings (SSSR count). The van der Waals surface area contributed by atoms with Crippen molar-refractivity contribution in [1.82, 2.24) is 24.5 Å². The van der Waals surface area contributed by atoms with Gasteiger partial charge in [-0.05, 0) is 30.3 Å². The van der Waals surface area contributed by atoms with E-state index in [0.717, 1.165) is 27.3 Å². The van der Waals surface area contributed by atoms with Gasteiger partial charge in [-0.1, -0.05) is 6.07 Å². The van der Waals surface area contributed by atoms with Crippen molar-refractivity contribution < 1.29 is 4.79 Å². The number of nitrogens with zero attached hydrogens (tertiary/aromatic N) is 5. The van der Waals surface area contributed by atoms with Gasteiger partial charge in [-0.15, -0.1) is 21.5 Å². The predicted octanol–water partition coefficient (Wildman–Crippen LogP) is 2.58. The summed E-state index contributed by atoms with van der Waals surface area (Å²) >= 11 is 1.55. The first-order chi connectivity index (χ1) is 11.8. The van der Waals surface area contributed by atoms with Crippen LogP contribution in [0.2, 0.25) is 0 Å². The Morgan fingerprint density at radius 2 is 2.08 bits per heavy atom. The number of amides is 1. The fourth-order valence-corrected chi connectivity index (χ4v) is 3.83. The zero-order chi connectivity index (χ0) is 16.1. The molecule has 4 heterocycles. The smallest absolute Gasteiger partial charge is 0.253 e. The molecule has 1 amide bonds. The number of carbonyl (C=O) groups is 1. The van der Waals surface area contributed by atoms with Crippen molar-refractivity contribution in [1.29, 1.82) is 0 Å². The Balaban J connectivity index is 1.36. The molecule has 0 atom stereocenters. The Kier molecular flexibility index (Phi) is 2.90. The first-order valence-corrected chi connectivity index (χ1v) is 8.60. The third-order valence-corrected chi connectivity index (χ3v) is 5.24. The summed E-state index contributed by atoms with van der Waals surface area (Å²) in [6.45, 7) is 1.35. The zero-order valence-corrected chi connectivity index (χ0v) is 13.5. The number of carbonyl (C=O) groups excluding carboxylic acids is 1. The number of likely N-dealkylation sites (tertiary alicyclic amines) is 1. The van der Waals surface area contributed by atoms with E-state index in [-0.39, 0.29) is 11.8 Å². The van der Waals surface area contributed by atoms with Gasteiger partial charge in [0.25, 0.3) is 5.91 Å². The summed E-state index contributed by atoms with van der Waals surface area (Å²) in [6.07, 6.45) is 1.97. The molecule has 0 unspecified atom stereocenters. The molecule has 7 heteroatoms. The van der Waals surface area contributed by atoms with Crippen LogP contribution in [0.25, 0.3) is 15.9 Å². The van der Waals surface area contributed by atoms with Gasteiger partial charge < -0.3 is 4.90 Å². The molecule has 4 aromatic rings. The van der Waals surface area contributed by atoms with Crippen LogP contribution < -0.4 is 0 Å². The number of rotatable bonds is 2.